The molecule has 0 aromatic rings. The van der Waals surface area contributed by atoms with Crippen molar-refractivity contribution >= 4 is 11.9 Å². The molecule has 6 nitrogen and oxygen atoms in total. The molecule has 0 spiro atoms. The Morgan fingerprint density at radius 3 is 2.07 bits per heavy atom. The zero-order valence-electron chi connectivity index (χ0n) is 16.3. The van der Waals surface area contributed by atoms with Gasteiger partial charge in [-0.2, -0.15) is 0 Å². The lowest BCUT2D eigenvalue weighted by atomic mass is 9.49. The van der Waals surface area contributed by atoms with Gasteiger partial charge in [-0.3, -0.25) is 4.79 Å². The molecular formula is C21H33N3O3. The minimum absolute atomic E-state index is 0.0648. The average molecular weight is 376 g/mol. The molecule has 4 aliphatic carbocycles. The number of hydrogen-bond acceptors (Lipinski definition) is 3. The molecular weight excluding hydrogens is 342 g/mol. The van der Waals surface area contributed by atoms with Crippen LogP contribution in [0.25, 0.3) is 0 Å². The SMILES string of the molecule is O=C(NCC12CC3CC(CC(C3)C1)C2)N1CCN(C(=O)[C@H]2CCCO2)CC1. The number of nitrogens with zero attached hydrogens (tertiary/aromatic N) is 2. The quantitative estimate of drug-likeness (QED) is 0.823. The van der Waals surface area contributed by atoms with Gasteiger partial charge in [0.2, 0.25) is 0 Å². The maximum absolute atomic E-state index is 12.7. The van der Waals surface area contributed by atoms with Crippen LogP contribution in [0.3, 0.4) is 0 Å². The van der Waals surface area contributed by atoms with Gasteiger partial charge < -0.3 is 19.9 Å². The van der Waals surface area contributed by atoms with Gasteiger partial charge in [0.15, 0.2) is 0 Å². The van der Waals surface area contributed by atoms with Crippen LogP contribution in [-0.2, 0) is 9.53 Å². The number of urea groups is 1. The van der Waals surface area contributed by atoms with Crippen LogP contribution in [0.4, 0.5) is 4.79 Å². The van der Waals surface area contributed by atoms with Crippen molar-refractivity contribution in [2.75, 3.05) is 39.3 Å². The van der Waals surface area contributed by atoms with Crippen molar-refractivity contribution in [1.29, 1.82) is 0 Å². The smallest absolute Gasteiger partial charge is 0.317 e. The number of amides is 3. The van der Waals surface area contributed by atoms with Crippen LogP contribution in [0.5, 0.6) is 0 Å². The summed E-state index contributed by atoms with van der Waals surface area (Å²) in [6, 6.07) is 0.0648. The Hall–Kier alpha value is -1.30. The third kappa shape index (κ3) is 3.45. The molecule has 4 bridgehead atoms. The van der Waals surface area contributed by atoms with Crippen LogP contribution >= 0.6 is 0 Å². The summed E-state index contributed by atoms with van der Waals surface area (Å²) < 4.78 is 5.51. The topological polar surface area (TPSA) is 61.9 Å². The van der Waals surface area contributed by atoms with E-state index >= 15 is 0 Å². The third-order valence-electron chi connectivity index (χ3n) is 7.86. The molecule has 6 aliphatic rings. The molecule has 0 radical (unpaired) electrons. The predicted octanol–water partition coefficient (Wildman–Crippen LogP) is 2.24. The summed E-state index contributed by atoms with van der Waals surface area (Å²) in [6.07, 6.45) is 9.85. The predicted molar refractivity (Wildman–Crippen MR) is 101 cm³/mol. The second-order valence-corrected chi connectivity index (χ2v) is 9.89. The highest BCUT2D eigenvalue weighted by Crippen LogP contribution is 2.59. The molecule has 0 aromatic carbocycles. The third-order valence-corrected chi connectivity index (χ3v) is 7.86. The Bertz CT molecular complexity index is 558. The van der Waals surface area contributed by atoms with E-state index < -0.39 is 0 Å². The molecule has 2 heterocycles. The van der Waals surface area contributed by atoms with Crippen LogP contribution in [0.2, 0.25) is 0 Å². The number of ether oxygens (including phenoxy) is 1. The van der Waals surface area contributed by atoms with Crippen LogP contribution in [0, 0.1) is 23.2 Å². The van der Waals surface area contributed by atoms with E-state index in [0.29, 0.717) is 38.2 Å². The molecule has 2 saturated heterocycles. The lowest BCUT2D eigenvalue weighted by Gasteiger charge is -2.57. The molecule has 1 N–H and O–H groups in total. The van der Waals surface area contributed by atoms with Crippen molar-refractivity contribution < 1.29 is 14.3 Å². The van der Waals surface area contributed by atoms with E-state index in [0.717, 1.165) is 37.1 Å². The highest BCUT2D eigenvalue weighted by Gasteiger charge is 2.50. The van der Waals surface area contributed by atoms with Gasteiger partial charge in [-0.1, -0.05) is 0 Å². The van der Waals surface area contributed by atoms with Crippen molar-refractivity contribution in [1.82, 2.24) is 15.1 Å². The van der Waals surface area contributed by atoms with E-state index in [-0.39, 0.29) is 18.0 Å². The molecule has 6 rings (SSSR count). The van der Waals surface area contributed by atoms with E-state index in [1.54, 1.807) is 0 Å². The summed E-state index contributed by atoms with van der Waals surface area (Å²) in [5.74, 6) is 2.86. The first-order chi connectivity index (χ1) is 13.1. The lowest BCUT2D eigenvalue weighted by Crippen LogP contribution is -2.57. The van der Waals surface area contributed by atoms with E-state index in [9.17, 15) is 9.59 Å². The number of carbonyl (C=O) groups is 2. The van der Waals surface area contributed by atoms with Gasteiger partial charge in [0.05, 0.1) is 0 Å². The van der Waals surface area contributed by atoms with Gasteiger partial charge in [0.25, 0.3) is 5.91 Å². The van der Waals surface area contributed by atoms with E-state index in [1.807, 2.05) is 9.80 Å². The first kappa shape index (κ1) is 17.8. The monoisotopic (exact) mass is 375 g/mol. The summed E-state index contributed by atoms with van der Waals surface area (Å²) in [5, 5.41) is 3.27. The Balaban J connectivity index is 1.10. The molecule has 2 aliphatic heterocycles. The second kappa shape index (κ2) is 6.94. The van der Waals surface area contributed by atoms with Gasteiger partial charge in [-0.15, -0.1) is 0 Å². The summed E-state index contributed by atoms with van der Waals surface area (Å²) >= 11 is 0. The van der Waals surface area contributed by atoms with E-state index in [2.05, 4.69) is 5.32 Å². The maximum Gasteiger partial charge on any atom is 0.317 e. The fourth-order valence-electron chi connectivity index (χ4n) is 6.99. The van der Waals surface area contributed by atoms with Gasteiger partial charge in [-0.05, 0) is 74.5 Å². The number of hydrogen-bond donors (Lipinski definition) is 1. The van der Waals surface area contributed by atoms with Crippen LogP contribution in [-0.4, -0.2) is 67.2 Å². The van der Waals surface area contributed by atoms with Gasteiger partial charge in [-0.25, -0.2) is 4.79 Å². The first-order valence-corrected chi connectivity index (χ1v) is 11.0. The highest BCUT2D eigenvalue weighted by atomic mass is 16.5. The molecule has 4 saturated carbocycles. The van der Waals surface area contributed by atoms with E-state index in [1.165, 1.54) is 38.5 Å². The van der Waals surface area contributed by atoms with Gasteiger partial charge in [0.1, 0.15) is 6.10 Å². The van der Waals surface area contributed by atoms with Crippen molar-refractivity contribution in [3.05, 3.63) is 0 Å². The van der Waals surface area contributed by atoms with Crippen molar-refractivity contribution in [2.45, 2.75) is 57.5 Å². The van der Waals surface area contributed by atoms with Crippen LogP contribution in [0.1, 0.15) is 51.4 Å². The Kier molecular flexibility index (Phi) is 4.57. The molecule has 150 valence electrons. The highest BCUT2D eigenvalue weighted by molar-refractivity contribution is 5.81. The fourth-order valence-corrected chi connectivity index (χ4v) is 6.99. The minimum Gasteiger partial charge on any atom is -0.368 e. The number of nitrogens with one attached hydrogen (secondary N) is 1. The molecule has 27 heavy (non-hydrogen) atoms. The molecule has 1 atom stereocenters. The lowest BCUT2D eigenvalue weighted by molar-refractivity contribution is -0.142. The minimum atomic E-state index is -0.249. The van der Waals surface area contributed by atoms with Crippen LogP contribution in [0.15, 0.2) is 0 Å². The second-order valence-electron chi connectivity index (χ2n) is 9.89. The number of carbonyl (C=O) groups excluding carboxylic acids is 2. The summed E-state index contributed by atoms with van der Waals surface area (Å²) in [4.78, 5) is 28.9. The molecule has 0 aromatic heterocycles. The largest absolute Gasteiger partial charge is 0.368 e. The van der Waals surface area contributed by atoms with Crippen molar-refractivity contribution in [3.63, 3.8) is 0 Å². The molecule has 6 fully saturated rings. The van der Waals surface area contributed by atoms with Crippen molar-refractivity contribution in [2.24, 2.45) is 23.2 Å². The van der Waals surface area contributed by atoms with Crippen LogP contribution < -0.4 is 5.32 Å². The first-order valence-electron chi connectivity index (χ1n) is 11.0. The maximum atomic E-state index is 12.7. The fraction of sp³-hybridized carbons (Fsp3) is 0.905. The Morgan fingerprint density at radius 2 is 1.52 bits per heavy atom. The molecule has 0 unspecified atom stereocenters. The standard InChI is InChI=1S/C21H33N3O3/c25-19(18-2-1-7-27-18)23-3-5-24(6-4-23)20(26)22-14-21-11-15-8-16(12-21)10-17(9-15)13-21/h15-18H,1-14H2,(H,22,26)/t15?,16?,17?,18-,21?/m1/s1. The van der Waals surface area contributed by atoms with E-state index in [4.69, 9.17) is 4.74 Å². The number of rotatable bonds is 3. The Morgan fingerprint density at radius 1 is 0.926 bits per heavy atom. The van der Waals surface area contributed by atoms with Crippen molar-refractivity contribution in [3.8, 4) is 0 Å². The molecule has 6 heteroatoms. The van der Waals surface area contributed by atoms with Gasteiger partial charge >= 0.3 is 6.03 Å². The summed E-state index contributed by atoms with van der Waals surface area (Å²) in [6.45, 7) is 4.07. The normalized spacial score (nSPS) is 40.4. The average Bonchev–Trinajstić information content (AvgIpc) is 3.19. The zero-order chi connectivity index (χ0) is 18.4. The van der Waals surface area contributed by atoms with Gasteiger partial charge in [0, 0.05) is 39.3 Å². The molecule has 3 amide bonds. The zero-order valence-corrected chi connectivity index (χ0v) is 16.3. The number of piperazine rings is 1. The summed E-state index contributed by atoms with van der Waals surface area (Å²) in [7, 11) is 0. The Labute approximate surface area is 162 Å². The summed E-state index contributed by atoms with van der Waals surface area (Å²) in [5.41, 5.74) is 0.377.